The van der Waals surface area contributed by atoms with E-state index in [-0.39, 0.29) is 18.6 Å². The van der Waals surface area contributed by atoms with E-state index >= 15 is 0 Å². The fourth-order valence-electron chi connectivity index (χ4n) is 2.13. The Morgan fingerprint density at radius 1 is 1.19 bits per heavy atom. The van der Waals surface area contributed by atoms with Crippen LogP contribution in [-0.4, -0.2) is 31.5 Å². The summed E-state index contributed by atoms with van der Waals surface area (Å²) >= 11 is 0. The van der Waals surface area contributed by atoms with Crippen molar-refractivity contribution in [3.8, 4) is 0 Å². The van der Waals surface area contributed by atoms with E-state index in [4.69, 9.17) is 4.74 Å². The third-order valence-corrected chi connectivity index (χ3v) is 3.20. The van der Waals surface area contributed by atoms with Gasteiger partial charge in [-0.3, -0.25) is 0 Å². The van der Waals surface area contributed by atoms with Gasteiger partial charge in [0.05, 0.1) is 18.3 Å². The first-order valence-corrected chi connectivity index (χ1v) is 6.83. The molecule has 0 aliphatic carbocycles. The molecular formula is C15H22F3NO2. The molecule has 0 aliphatic heterocycles. The van der Waals surface area contributed by atoms with Crippen molar-refractivity contribution in [3.05, 3.63) is 35.4 Å². The number of aliphatic hydroxyl groups excluding tert-OH is 1. The Balaban J connectivity index is 2.77. The summed E-state index contributed by atoms with van der Waals surface area (Å²) in [7, 11) is 1.50. The predicted molar refractivity (Wildman–Crippen MR) is 74.9 cm³/mol. The molecule has 6 heteroatoms. The molecule has 0 heterocycles. The zero-order valence-electron chi connectivity index (χ0n) is 12.4. The quantitative estimate of drug-likeness (QED) is 0.814. The molecule has 0 aromatic heterocycles. The van der Waals surface area contributed by atoms with Crippen LogP contribution in [0.25, 0.3) is 0 Å². The van der Waals surface area contributed by atoms with E-state index in [1.807, 2.05) is 13.8 Å². The van der Waals surface area contributed by atoms with Crippen LogP contribution in [-0.2, 0) is 10.9 Å². The number of hydrogen-bond donors (Lipinski definition) is 2. The van der Waals surface area contributed by atoms with Gasteiger partial charge in [-0.25, -0.2) is 0 Å². The monoisotopic (exact) mass is 305 g/mol. The Morgan fingerprint density at radius 3 is 2.19 bits per heavy atom. The second-order valence-electron chi connectivity index (χ2n) is 5.36. The highest BCUT2D eigenvalue weighted by atomic mass is 19.4. The maximum absolute atomic E-state index is 12.6. The van der Waals surface area contributed by atoms with Gasteiger partial charge >= 0.3 is 6.18 Å². The van der Waals surface area contributed by atoms with Crippen LogP contribution in [0.15, 0.2) is 24.3 Å². The van der Waals surface area contributed by atoms with Gasteiger partial charge in [0.2, 0.25) is 0 Å². The van der Waals surface area contributed by atoms with Crippen molar-refractivity contribution in [1.29, 1.82) is 0 Å². The minimum atomic E-state index is -4.33. The number of benzene rings is 1. The summed E-state index contributed by atoms with van der Waals surface area (Å²) in [4.78, 5) is 0. The molecule has 21 heavy (non-hydrogen) atoms. The van der Waals surface area contributed by atoms with Gasteiger partial charge in [-0.15, -0.1) is 0 Å². The lowest BCUT2D eigenvalue weighted by molar-refractivity contribution is -0.137. The van der Waals surface area contributed by atoms with Gasteiger partial charge in [-0.1, -0.05) is 26.0 Å². The number of halogens is 3. The van der Waals surface area contributed by atoms with Gasteiger partial charge in [-0.2, -0.15) is 13.2 Å². The first-order valence-electron chi connectivity index (χ1n) is 6.83. The molecular weight excluding hydrogens is 283 g/mol. The van der Waals surface area contributed by atoms with Gasteiger partial charge < -0.3 is 15.2 Å². The van der Waals surface area contributed by atoms with Gasteiger partial charge in [0.15, 0.2) is 0 Å². The summed E-state index contributed by atoms with van der Waals surface area (Å²) < 4.78 is 42.5. The van der Waals surface area contributed by atoms with Crippen molar-refractivity contribution < 1.29 is 23.0 Å². The molecule has 0 saturated carbocycles. The fourth-order valence-corrected chi connectivity index (χ4v) is 2.13. The Kier molecular flexibility index (Phi) is 6.64. The van der Waals surface area contributed by atoms with E-state index in [1.165, 1.54) is 19.2 Å². The molecule has 0 spiro atoms. The number of aliphatic hydroxyl groups is 1. The topological polar surface area (TPSA) is 41.5 Å². The van der Waals surface area contributed by atoms with Crippen LogP contribution in [0.2, 0.25) is 0 Å². The lowest BCUT2D eigenvalue weighted by atomic mass is 9.95. The standard InChI is InChI=1S/C15H22F3NO2/c1-10(2)14(19-8-13(20)9-21-3)11-4-6-12(7-5-11)15(16,17)18/h4-7,10,13-14,19-20H,8-9H2,1-3H3. The van der Waals surface area contributed by atoms with Gasteiger partial charge in [0.25, 0.3) is 0 Å². The van der Waals surface area contributed by atoms with Crippen molar-refractivity contribution in [2.45, 2.75) is 32.2 Å². The highest BCUT2D eigenvalue weighted by Crippen LogP contribution is 2.31. The maximum atomic E-state index is 12.6. The second-order valence-corrected chi connectivity index (χ2v) is 5.36. The second kappa shape index (κ2) is 7.77. The molecule has 1 aromatic carbocycles. The van der Waals surface area contributed by atoms with Gasteiger partial charge in [-0.05, 0) is 23.6 Å². The molecule has 2 unspecified atom stereocenters. The van der Waals surface area contributed by atoms with Crippen molar-refractivity contribution in [2.75, 3.05) is 20.3 Å². The molecule has 3 nitrogen and oxygen atoms in total. The summed E-state index contributed by atoms with van der Waals surface area (Å²) in [5.41, 5.74) is 0.107. The Hall–Kier alpha value is -1.11. The number of alkyl halides is 3. The van der Waals surface area contributed by atoms with Crippen LogP contribution in [0.3, 0.4) is 0 Å². The zero-order chi connectivity index (χ0) is 16.0. The van der Waals surface area contributed by atoms with E-state index < -0.39 is 17.8 Å². The summed E-state index contributed by atoms with van der Waals surface area (Å²) in [6.07, 6.45) is -4.97. The van der Waals surface area contributed by atoms with E-state index in [9.17, 15) is 18.3 Å². The number of rotatable bonds is 7. The Labute approximate surface area is 123 Å². The highest BCUT2D eigenvalue weighted by Gasteiger charge is 2.30. The SMILES string of the molecule is COCC(O)CNC(c1ccc(C(F)(F)F)cc1)C(C)C. The number of methoxy groups -OCH3 is 1. The first-order chi connectivity index (χ1) is 9.75. The Morgan fingerprint density at radius 2 is 1.76 bits per heavy atom. The van der Waals surface area contributed by atoms with E-state index in [2.05, 4.69) is 5.32 Å². The molecule has 0 aliphatic rings. The largest absolute Gasteiger partial charge is 0.416 e. The minimum Gasteiger partial charge on any atom is -0.389 e. The van der Waals surface area contributed by atoms with Crippen LogP contribution in [0, 0.1) is 5.92 Å². The van der Waals surface area contributed by atoms with Crippen molar-refractivity contribution >= 4 is 0 Å². The molecule has 1 aromatic rings. The summed E-state index contributed by atoms with van der Waals surface area (Å²) in [6, 6.07) is 4.99. The third-order valence-electron chi connectivity index (χ3n) is 3.20. The highest BCUT2D eigenvalue weighted by molar-refractivity contribution is 5.27. The predicted octanol–water partition coefficient (Wildman–Crippen LogP) is 3.00. The molecule has 1 rings (SSSR count). The van der Waals surface area contributed by atoms with Crippen molar-refractivity contribution in [2.24, 2.45) is 5.92 Å². The minimum absolute atomic E-state index is 0.126. The third kappa shape index (κ3) is 5.65. The lowest BCUT2D eigenvalue weighted by Crippen LogP contribution is -2.35. The fraction of sp³-hybridized carbons (Fsp3) is 0.600. The maximum Gasteiger partial charge on any atom is 0.416 e. The average Bonchev–Trinajstić information content (AvgIpc) is 2.38. The van der Waals surface area contributed by atoms with E-state index in [1.54, 1.807) is 0 Å². The van der Waals surface area contributed by atoms with Crippen LogP contribution < -0.4 is 5.32 Å². The number of hydrogen-bond acceptors (Lipinski definition) is 3. The summed E-state index contributed by atoms with van der Waals surface area (Å²) in [6.45, 7) is 4.47. The van der Waals surface area contributed by atoms with Crippen LogP contribution >= 0.6 is 0 Å². The molecule has 120 valence electrons. The van der Waals surface area contributed by atoms with Crippen LogP contribution in [0.4, 0.5) is 13.2 Å². The molecule has 0 bridgehead atoms. The smallest absolute Gasteiger partial charge is 0.389 e. The van der Waals surface area contributed by atoms with Crippen LogP contribution in [0.5, 0.6) is 0 Å². The number of nitrogens with one attached hydrogen (secondary N) is 1. The van der Waals surface area contributed by atoms with Crippen LogP contribution in [0.1, 0.15) is 31.0 Å². The number of ether oxygens (including phenoxy) is 1. The van der Waals surface area contributed by atoms with Gasteiger partial charge in [0.1, 0.15) is 0 Å². The molecule has 0 amide bonds. The zero-order valence-corrected chi connectivity index (χ0v) is 12.4. The first kappa shape index (κ1) is 17.9. The van der Waals surface area contributed by atoms with Gasteiger partial charge in [0, 0.05) is 19.7 Å². The molecule has 0 radical (unpaired) electrons. The normalized spacial score (nSPS) is 15.2. The Bertz CT molecular complexity index is 418. The van der Waals surface area contributed by atoms with Crippen molar-refractivity contribution in [1.82, 2.24) is 5.32 Å². The lowest BCUT2D eigenvalue weighted by Gasteiger charge is -2.24. The molecule has 2 N–H and O–H groups in total. The summed E-state index contributed by atoms with van der Waals surface area (Å²) in [5, 5.41) is 12.8. The summed E-state index contributed by atoms with van der Waals surface area (Å²) in [5.74, 6) is 0.177. The molecule has 2 atom stereocenters. The van der Waals surface area contributed by atoms with Crippen molar-refractivity contribution in [3.63, 3.8) is 0 Å². The van der Waals surface area contributed by atoms with E-state index in [0.29, 0.717) is 6.54 Å². The molecule has 0 fully saturated rings. The van der Waals surface area contributed by atoms with E-state index in [0.717, 1.165) is 17.7 Å². The molecule has 0 saturated heterocycles. The average molecular weight is 305 g/mol.